The van der Waals surface area contributed by atoms with Crippen LogP contribution >= 0.6 is 0 Å². The molecule has 4 amide bonds. The second-order valence-corrected chi connectivity index (χ2v) is 11.6. The number of urea groups is 1. The Balaban J connectivity index is 1.35. The molecular formula is C31H33F2N7O5. The normalized spacial score (nSPS) is 16.3. The minimum absolute atomic E-state index is 0.0588. The molecule has 4 aromatic rings. The average molecular weight is 622 g/mol. The number of halogens is 2. The topological polar surface area (TPSA) is 153 Å². The number of nitrogens with one attached hydrogen (secondary N) is 3. The summed E-state index contributed by atoms with van der Waals surface area (Å²) in [7, 11) is 0. The van der Waals surface area contributed by atoms with Gasteiger partial charge in [0, 0.05) is 36.6 Å². The van der Waals surface area contributed by atoms with Gasteiger partial charge in [-0.3, -0.25) is 14.7 Å². The van der Waals surface area contributed by atoms with Crippen molar-refractivity contribution < 1.29 is 33.0 Å². The third-order valence-electron chi connectivity index (χ3n) is 7.61. The summed E-state index contributed by atoms with van der Waals surface area (Å²) >= 11 is 0. The van der Waals surface area contributed by atoms with Gasteiger partial charge in [0.25, 0.3) is 0 Å². The molecule has 12 nitrogen and oxygen atoms in total. The first-order chi connectivity index (χ1) is 21.2. The van der Waals surface area contributed by atoms with Gasteiger partial charge in [0.2, 0.25) is 11.8 Å². The molecule has 2 atom stereocenters. The summed E-state index contributed by atoms with van der Waals surface area (Å²) < 4.78 is 34.7. The van der Waals surface area contributed by atoms with Crippen molar-refractivity contribution in [3.8, 4) is 11.5 Å². The molecule has 14 heteroatoms. The zero-order valence-corrected chi connectivity index (χ0v) is 25.3. The van der Waals surface area contributed by atoms with Crippen LogP contribution in [0.3, 0.4) is 0 Å². The molecule has 2 aromatic carbocycles. The van der Waals surface area contributed by atoms with Gasteiger partial charge in [0.1, 0.15) is 22.9 Å². The van der Waals surface area contributed by atoms with E-state index >= 15 is 4.39 Å². The van der Waals surface area contributed by atoms with Gasteiger partial charge in [0.05, 0.1) is 17.3 Å². The summed E-state index contributed by atoms with van der Waals surface area (Å²) in [6.45, 7) is 8.38. The van der Waals surface area contributed by atoms with Crippen LogP contribution in [0.4, 0.5) is 30.8 Å². The smallest absolute Gasteiger partial charge is 0.331 e. The summed E-state index contributed by atoms with van der Waals surface area (Å²) in [4.78, 5) is 46.3. The van der Waals surface area contributed by atoms with Crippen LogP contribution in [0, 0.1) is 17.6 Å². The first-order valence-corrected chi connectivity index (χ1v) is 14.2. The molecule has 1 aliphatic heterocycles. The summed E-state index contributed by atoms with van der Waals surface area (Å²) in [5.74, 6) is -3.75. The van der Waals surface area contributed by atoms with Crippen LogP contribution in [-0.2, 0) is 9.59 Å². The van der Waals surface area contributed by atoms with E-state index in [1.807, 2.05) is 0 Å². The number of amides is 4. The summed E-state index contributed by atoms with van der Waals surface area (Å²) in [6, 6.07) is 8.74. The molecule has 2 aromatic heterocycles. The molecule has 5 rings (SSSR count). The van der Waals surface area contributed by atoms with Crippen LogP contribution in [0.25, 0.3) is 11.0 Å². The van der Waals surface area contributed by atoms with Gasteiger partial charge >= 0.3 is 6.03 Å². The van der Waals surface area contributed by atoms with Crippen LogP contribution in [0.2, 0.25) is 0 Å². The van der Waals surface area contributed by atoms with Crippen LogP contribution < -0.4 is 20.3 Å². The number of rotatable bonds is 9. The van der Waals surface area contributed by atoms with E-state index in [4.69, 9.17) is 4.74 Å². The highest BCUT2D eigenvalue weighted by Gasteiger charge is 2.44. The monoisotopic (exact) mass is 621 g/mol. The molecule has 0 bridgehead atoms. The number of hydrogen-bond acceptors (Lipinski definition) is 8. The number of fused-ring (bicyclic) bond motifs is 1. The van der Waals surface area contributed by atoms with E-state index < -0.39 is 47.0 Å². The summed E-state index contributed by atoms with van der Waals surface area (Å²) in [5.41, 5.74) is -0.505. The van der Waals surface area contributed by atoms with Crippen molar-refractivity contribution in [2.75, 3.05) is 22.1 Å². The number of aromatic nitrogens is 3. The number of nitrogens with zero attached hydrogens (tertiary/aromatic N) is 4. The van der Waals surface area contributed by atoms with Gasteiger partial charge in [-0.25, -0.2) is 23.5 Å². The molecule has 0 radical (unpaired) electrons. The van der Waals surface area contributed by atoms with Crippen molar-refractivity contribution in [1.82, 2.24) is 20.1 Å². The fourth-order valence-corrected chi connectivity index (χ4v) is 4.69. The number of aliphatic hydroxyl groups is 1. The fourth-order valence-electron chi connectivity index (χ4n) is 4.69. The Hall–Kier alpha value is -5.11. The van der Waals surface area contributed by atoms with E-state index in [-0.39, 0.29) is 35.5 Å². The molecular weight excluding hydrogens is 588 g/mol. The predicted octanol–water partition coefficient (Wildman–Crippen LogP) is 5.03. The van der Waals surface area contributed by atoms with Gasteiger partial charge in [0.15, 0.2) is 23.0 Å². The predicted molar refractivity (Wildman–Crippen MR) is 163 cm³/mol. The lowest BCUT2D eigenvalue weighted by Crippen LogP contribution is -2.61. The zero-order valence-electron chi connectivity index (χ0n) is 25.3. The Morgan fingerprint density at radius 2 is 1.80 bits per heavy atom. The SMILES string of the molecule is CC(C)N1CC(C(=O)Nc2ccc(Oc3ccnc4[nH]nc(N[C@@H](C)C(C)(C)O)c34)c(F)c2)C(=O)N(c2ccc(F)cc2)C1=O. The third-order valence-corrected chi connectivity index (χ3v) is 7.61. The number of anilines is 3. The van der Waals surface area contributed by atoms with E-state index in [1.165, 1.54) is 41.4 Å². The van der Waals surface area contributed by atoms with Gasteiger partial charge in [-0.1, -0.05) is 0 Å². The van der Waals surface area contributed by atoms with Crippen LogP contribution in [-0.4, -0.2) is 67.3 Å². The number of carbonyl (C=O) groups excluding carboxylic acids is 3. The van der Waals surface area contributed by atoms with Crippen molar-refractivity contribution in [2.45, 2.75) is 52.3 Å². The second kappa shape index (κ2) is 12.1. The lowest BCUT2D eigenvalue weighted by atomic mass is 10.0. The maximum atomic E-state index is 15.3. The van der Waals surface area contributed by atoms with Crippen LogP contribution in [0.15, 0.2) is 54.7 Å². The van der Waals surface area contributed by atoms with Crippen LogP contribution in [0.5, 0.6) is 11.5 Å². The molecule has 45 heavy (non-hydrogen) atoms. The maximum absolute atomic E-state index is 15.3. The zero-order chi connectivity index (χ0) is 32.6. The van der Waals surface area contributed by atoms with E-state index in [0.717, 1.165) is 23.1 Å². The Labute approximate surface area is 257 Å². The quantitative estimate of drug-likeness (QED) is 0.190. The van der Waals surface area contributed by atoms with Crippen molar-refractivity contribution >= 4 is 46.1 Å². The minimum atomic E-state index is -1.31. The van der Waals surface area contributed by atoms with E-state index in [1.54, 1.807) is 34.6 Å². The number of benzene rings is 2. The van der Waals surface area contributed by atoms with Crippen LogP contribution in [0.1, 0.15) is 34.6 Å². The average Bonchev–Trinajstić information content (AvgIpc) is 3.38. The van der Waals surface area contributed by atoms with E-state index in [2.05, 4.69) is 25.8 Å². The fraction of sp³-hybridized carbons (Fsp3) is 0.323. The molecule has 1 fully saturated rings. The molecule has 4 N–H and O–H groups in total. The molecule has 1 aliphatic rings. The van der Waals surface area contributed by atoms with Crippen molar-refractivity contribution in [2.24, 2.45) is 5.92 Å². The third kappa shape index (κ3) is 6.41. The number of aromatic amines is 1. The van der Waals surface area contributed by atoms with Crippen molar-refractivity contribution in [3.63, 3.8) is 0 Å². The van der Waals surface area contributed by atoms with Gasteiger partial charge in [-0.05, 0) is 71.0 Å². The van der Waals surface area contributed by atoms with Crippen molar-refractivity contribution in [3.05, 3.63) is 66.4 Å². The van der Waals surface area contributed by atoms with Crippen molar-refractivity contribution in [1.29, 1.82) is 0 Å². The lowest BCUT2D eigenvalue weighted by molar-refractivity contribution is -0.132. The molecule has 236 valence electrons. The second-order valence-electron chi connectivity index (χ2n) is 11.6. The van der Waals surface area contributed by atoms with Gasteiger partial charge in [-0.2, -0.15) is 5.10 Å². The lowest BCUT2D eigenvalue weighted by Gasteiger charge is -2.39. The Bertz CT molecular complexity index is 1750. The van der Waals surface area contributed by atoms with Gasteiger partial charge in [-0.15, -0.1) is 0 Å². The largest absolute Gasteiger partial charge is 0.453 e. The standard InChI is InChI=1S/C31H33F2N7O5/c1-16(2)39-15-21(29(42)40(30(39)43)20-9-6-18(32)7-10-20)28(41)36-19-8-11-23(22(33)14-19)45-24-12-13-34-26-25(24)27(38-37-26)35-17(3)31(4,5)44/h6-14,16-17,21,44H,15H2,1-5H3,(H,36,41)(H2,34,35,37,38)/t17-,21?/m0/s1. The van der Waals surface area contributed by atoms with E-state index in [9.17, 15) is 23.9 Å². The number of ether oxygens (including phenoxy) is 1. The molecule has 1 saturated heterocycles. The number of H-pyrrole nitrogens is 1. The Morgan fingerprint density at radius 1 is 1.09 bits per heavy atom. The number of pyridine rings is 1. The molecule has 0 saturated carbocycles. The first-order valence-electron chi connectivity index (χ1n) is 14.2. The number of carbonyl (C=O) groups is 3. The Kier molecular flexibility index (Phi) is 8.43. The first kappa shape index (κ1) is 31.3. The van der Waals surface area contributed by atoms with Gasteiger partial charge < -0.3 is 25.4 Å². The highest BCUT2D eigenvalue weighted by Crippen LogP contribution is 2.35. The maximum Gasteiger partial charge on any atom is 0.331 e. The number of hydrogen-bond donors (Lipinski definition) is 4. The molecule has 0 aliphatic carbocycles. The molecule has 0 spiro atoms. The molecule has 1 unspecified atom stereocenters. The molecule has 3 heterocycles. The minimum Gasteiger partial charge on any atom is -0.453 e. The van der Waals surface area contributed by atoms with E-state index in [0.29, 0.717) is 16.9 Å². The Morgan fingerprint density at radius 3 is 2.44 bits per heavy atom. The summed E-state index contributed by atoms with van der Waals surface area (Å²) in [6.07, 6.45) is 1.47. The number of imide groups is 1. The highest BCUT2D eigenvalue weighted by molar-refractivity contribution is 6.23. The highest BCUT2D eigenvalue weighted by atomic mass is 19.1. The summed E-state index contributed by atoms with van der Waals surface area (Å²) in [5, 5.41) is 23.4.